The van der Waals surface area contributed by atoms with Crippen molar-refractivity contribution in [1.82, 2.24) is 15.1 Å². The number of rotatable bonds is 0. The van der Waals surface area contributed by atoms with E-state index in [4.69, 9.17) is 0 Å². The molecule has 3 aliphatic heterocycles. The molecule has 0 saturated carbocycles. The summed E-state index contributed by atoms with van der Waals surface area (Å²) in [6.45, 7) is 5.06. The summed E-state index contributed by atoms with van der Waals surface area (Å²) in [6, 6.07) is 0.782. The van der Waals surface area contributed by atoms with E-state index in [1.807, 2.05) is 0 Å². The second kappa shape index (κ2) is 4.16. The van der Waals surface area contributed by atoms with Crippen molar-refractivity contribution in [2.45, 2.75) is 35.4 Å². The van der Waals surface area contributed by atoms with Crippen molar-refractivity contribution in [3.05, 3.63) is 0 Å². The van der Waals surface area contributed by atoms with Gasteiger partial charge in [0.2, 0.25) is 0 Å². The van der Waals surface area contributed by atoms with Crippen LogP contribution in [0.5, 0.6) is 0 Å². The predicted molar refractivity (Wildman–Crippen MR) is 69.9 cm³/mol. The highest BCUT2D eigenvalue weighted by Gasteiger charge is 2.47. The zero-order chi connectivity index (χ0) is 11.2. The Hall–Kier alpha value is 0.230. The van der Waals surface area contributed by atoms with E-state index in [1.165, 1.54) is 45.4 Å². The lowest BCUT2D eigenvalue weighted by atomic mass is 10.00. The van der Waals surface area contributed by atoms with E-state index in [9.17, 15) is 0 Å². The predicted octanol–water partition coefficient (Wildman–Crippen LogP) is 0.817. The van der Waals surface area contributed by atoms with Gasteiger partial charge in [0.05, 0.1) is 4.87 Å². The van der Waals surface area contributed by atoms with Gasteiger partial charge in [0.1, 0.15) is 0 Å². The Morgan fingerprint density at radius 2 is 1.88 bits per heavy atom. The zero-order valence-corrected chi connectivity index (χ0v) is 11.2. The molecule has 3 nitrogen and oxygen atoms in total. The Morgan fingerprint density at radius 1 is 1.12 bits per heavy atom. The average molecular weight is 241 g/mol. The van der Waals surface area contributed by atoms with Crippen LogP contribution in [0.2, 0.25) is 0 Å². The third kappa shape index (κ3) is 2.01. The van der Waals surface area contributed by atoms with Crippen LogP contribution in [0, 0.1) is 0 Å². The topological polar surface area (TPSA) is 18.5 Å². The molecule has 3 fully saturated rings. The minimum atomic E-state index is 0.424. The summed E-state index contributed by atoms with van der Waals surface area (Å²) < 4.78 is 0. The van der Waals surface area contributed by atoms with Crippen molar-refractivity contribution < 1.29 is 0 Å². The summed E-state index contributed by atoms with van der Waals surface area (Å²) in [5.41, 5.74) is 0. The quantitative estimate of drug-likeness (QED) is 0.676. The summed E-state index contributed by atoms with van der Waals surface area (Å²) in [7, 11) is 4.50. The molecule has 16 heavy (non-hydrogen) atoms. The standard InChI is InChI=1S/C12H23N3S/c1-14-7-4-12(5-8-14)13-10-3-6-15(2)9-11(10)16-12/h10-11,13H,3-9H2,1-2H3/t10-,11+/m1/s1. The molecule has 0 bridgehead atoms. The molecule has 3 saturated heterocycles. The van der Waals surface area contributed by atoms with Gasteiger partial charge in [0, 0.05) is 30.9 Å². The maximum Gasteiger partial charge on any atom is 0.0676 e. The number of nitrogens with one attached hydrogen (secondary N) is 1. The SMILES string of the molecule is CN1CCC2(CC1)N[C@@H]1CCN(C)C[C@@H]1S2. The van der Waals surface area contributed by atoms with Gasteiger partial charge in [-0.3, -0.25) is 5.32 Å². The van der Waals surface area contributed by atoms with E-state index < -0.39 is 0 Å². The Labute approximate surface area is 103 Å². The molecule has 0 aliphatic carbocycles. The molecule has 0 amide bonds. The number of thioether (sulfide) groups is 1. The van der Waals surface area contributed by atoms with Crippen molar-refractivity contribution >= 4 is 11.8 Å². The smallest absolute Gasteiger partial charge is 0.0676 e. The lowest BCUT2D eigenvalue weighted by molar-refractivity contribution is 0.195. The first-order valence-electron chi connectivity index (χ1n) is 6.49. The van der Waals surface area contributed by atoms with Crippen LogP contribution in [0.25, 0.3) is 0 Å². The van der Waals surface area contributed by atoms with Crippen LogP contribution in [0.4, 0.5) is 0 Å². The molecule has 0 radical (unpaired) electrons. The Kier molecular flexibility index (Phi) is 2.94. The number of hydrogen-bond acceptors (Lipinski definition) is 4. The molecule has 1 spiro atoms. The van der Waals surface area contributed by atoms with Gasteiger partial charge in [-0.05, 0) is 39.9 Å². The Bertz CT molecular complexity index is 263. The summed E-state index contributed by atoms with van der Waals surface area (Å²) in [6.07, 6.45) is 3.99. The molecule has 3 heterocycles. The summed E-state index contributed by atoms with van der Waals surface area (Å²) in [5, 5.41) is 4.79. The maximum atomic E-state index is 3.96. The highest BCUT2D eigenvalue weighted by Crippen LogP contribution is 2.45. The molecule has 3 aliphatic rings. The number of likely N-dealkylation sites (tertiary alicyclic amines) is 2. The zero-order valence-electron chi connectivity index (χ0n) is 10.4. The molecule has 2 atom stereocenters. The number of piperidine rings is 2. The van der Waals surface area contributed by atoms with Gasteiger partial charge in [-0.1, -0.05) is 0 Å². The van der Waals surface area contributed by atoms with E-state index in [0.717, 1.165) is 11.3 Å². The van der Waals surface area contributed by atoms with Gasteiger partial charge in [-0.25, -0.2) is 0 Å². The fourth-order valence-electron chi connectivity index (χ4n) is 3.26. The molecule has 3 rings (SSSR count). The fourth-order valence-corrected chi connectivity index (χ4v) is 5.17. The van der Waals surface area contributed by atoms with Crippen LogP contribution in [0.1, 0.15) is 19.3 Å². The van der Waals surface area contributed by atoms with Gasteiger partial charge >= 0.3 is 0 Å². The third-order valence-corrected chi connectivity index (χ3v) is 6.14. The molecule has 0 aromatic rings. The summed E-state index contributed by atoms with van der Waals surface area (Å²) in [4.78, 5) is 5.37. The lowest BCUT2D eigenvalue weighted by Crippen LogP contribution is -2.51. The second-order valence-corrected chi connectivity index (χ2v) is 7.38. The van der Waals surface area contributed by atoms with Crippen molar-refractivity contribution in [3.63, 3.8) is 0 Å². The van der Waals surface area contributed by atoms with Gasteiger partial charge in [0.25, 0.3) is 0 Å². The molecule has 0 aromatic heterocycles. The minimum Gasteiger partial charge on any atom is -0.306 e. The average Bonchev–Trinajstić information content (AvgIpc) is 2.60. The molecule has 1 N–H and O–H groups in total. The van der Waals surface area contributed by atoms with Gasteiger partial charge in [-0.15, -0.1) is 11.8 Å². The van der Waals surface area contributed by atoms with E-state index >= 15 is 0 Å². The first-order valence-corrected chi connectivity index (χ1v) is 7.37. The molecule has 4 heteroatoms. The van der Waals surface area contributed by atoms with E-state index in [1.54, 1.807) is 0 Å². The molecule has 0 unspecified atom stereocenters. The van der Waals surface area contributed by atoms with E-state index in [2.05, 4.69) is 41.0 Å². The molecular formula is C12H23N3S. The second-order valence-electron chi connectivity index (χ2n) is 5.76. The van der Waals surface area contributed by atoms with Crippen molar-refractivity contribution in [3.8, 4) is 0 Å². The summed E-state index contributed by atoms with van der Waals surface area (Å²) >= 11 is 2.24. The van der Waals surface area contributed by atoms with Crippen molar-refractivity contribution in [2.24, 2.45) is 0 Å². The van der Waals surface area contributed by atoms with Crippen LogP contribution in [-0.4, -0.2) is 66.2 Å². The number of fused-ring (bicyclic) bond motifs is 1. The van der Waals surface area contributed by atoms with Crippen LogP contribution >= 0.6 is 11.8 Å². The number of hydrogen-bond donors (Lipinski definition) is 1. The van der Waals surface area contributed by atoms with E-state index in [0.29, 0.717) is 4.87 Å². The van der Waals surface area contributed by atoms with E-state index in [-0.39, 0.29) is 0 Å². The van der Waals surface area contributed by atoms with Crippen LogP contribution < -0.4 is 5.32 Å². The van der Waals surface area contributed by atoms with Gasteiger partial charge in [-0.2, -0.15) is 0 Å². The highest BCUT2D eigenvalue weighted by molar-refractivity contribution is 8.01. The van der Waals surface area contributed by atoms with Crippen LogP contribution in [0.15, 0.2) is 0 Å². The van der Waals surface area contributed by atoms with Gasteiger partial charge in [0.15, 0.2) is 0 Å². The normalized spacial score (nSPS) is 40.1. The monoisotopic (exact) mass is 241 g/mol. The van der Waals surface area contributed by atoms with Crippen LogP contribution in [-0.2, 0) is 0 Å². The largest absolute Gasteiger partial charge is 0.306 e. The fraction of sp³-hybridized carbons (Fsp3) is 1.00. The summed E-state index contributed by atoms with van der Waals surface area (Å²) in [5.74, 6) is 0. The lowest BCUT2D eigenvalue weighted by Gasteiger charge is -2.37. The molecule has 0 aromatic carbocycles. The first kappa shape index (κ1) is 11.3. The van der Waals surface area contributed by atoms with Crippen LogP contribution in [0.3, 0.4) is 0 Å². The minimum absolute atomic E-state index is 0.424. The molecule has 92 valence electrons. The number of nitrogens with zero attached hydrogens (tertiary/aromatic N) is 2. The van der Waals surface area contributed by atoms with Crippen molar-refractivity contribution in [2.75, 3.05) is 40.3 Å². The molecular weight excluding hydrogens is 218 g/mol. The first-order chi connectivity index (χ1) is 7.67. The Balaban J connectivity index is 1.67. The highest BCUT2D eigenvalue weighted by atomic mass is 32.2. The Morgan fingerprint density at radius 3 is 2.62 bits per heavy atom. The van der Waals surface area contributed by atoms with Gasteiger partial charge < -0.3 is 9.80 Å². The third-order valence-electron chi connectivity index (χ3n) is 4.38. The van der Waals surface area contributed by atoms with Crippen molar-refractivity contribution in [1.29, 1.82) is 0 Å². The maximum absolute atomic E-state index is 3.96.